The van der Waals surface area contributed by atoms with Crippen LogP contribution in [0.1, 0.15) is 30.9 Å². The molecule has 1 aliphatic heterocycles. The molecule has 0 fully saturated rings. The SMILES string of the molecule is C=CCOc1ccc(/C=C2/N=C(c3ccc(OCCCC)cc3)OC2=O)cc1. The summed E-state index contributed by atoms with van der Waals surface area (Å²) in [6, 6.07) is 14.7. The number of cyclic esters (lactones) is 1. The molecule has 0 radical (unpaired) electrons. The zero-order valence-electron chi connectivity index (χ0n) is 15.9. The summed E-state index contributed by atoms with van der Waals surface area (Å²) in [6.07, 6.45) is 5.48. The fourth-order valence-electron chi connectivity index (χ4n) is 2.53. The first-order chi connectivity index (χ1) is 13.7. The van der Waals surface area contributed by atoms with Gasteiger partial charge in [0.05, 0.1) is 6.61 Å². The summed E-state index contributed by atoms with van der Waals surface area (Å²) in [6.45, 7) is 6.87. The molecule has 28 heavy (non-hydrogen) atoms. The number of aliphatic imine (C=N–C) groups is 1. The highest BCUT2D eigenvalue weighted by molar-refractivity contribution is 6.12. The zero-order chi connectivity index (χ0) is 19.8. The minimum atomic E-state index is -0.467. The summed E-state index contributed by atoms with van der Waals surface area (Å²) in [7, 11) is 0. The Morgan fingerprint density at radius 3 is 2.39 bits per heavy atom. The van der Waals surface area contributed by atoms with Crippen LogP contribution < -0.4 is 9.47 Å². The monoisotopic (exact) mass is 377 g/mol. The molecule has 0 saturated heterocycles. The molecule has 0 N–H and O–H groups in total. The lowest BCUT2D eigenvalue weighted by Gasteiger charge is -2.05. The Labute approximate surface area is 165 Å². The van der Waals surface area contributed by atoms with Gasteiger partial charge in [-0.1, -0.05) is 38.1 Å². The summed E-state index contributed by atoms with van der Waals surface area (Å²) in [5.41, 5.74) is 1.83. The molecular weight excluding hydrogens is 354 g/mol. The highest BCUT2D eigenvalue weighted by Gasteiger charge is 2.24. The first-order valence-corrected chi connectivity index (χ1v) is 9.29. The third-order valence-corrected chi connectivity index (χ3v) is 4.04. The average Bonchev–Trinajstić information content (AvgIpc) is 3.08. The van der Waals surface area contributed by atoms with E-state index in [4.69, 9.17) is 14.2 Å². The minimum absolute atomic E-state index is 0.262. The second-order valence-corrected chi connectivity index (χ2v) is 6.23. The van der Waals surface area contributed by atoms with Crippen LogP contribution in [0.3, 0.4) is 0 Å². The molecule has 1 aliphatic rings. The van der Waals surface area contributed by atoms with Crippen molar-refractivity contribution in [1.82, 2.24) is 0 Å². The standard InChI is InChI=1S/C23H23NO4/c1-3-5-15-27-20-12-8-18(9-13-20)22-24-21(23(25)28-22)16-17-6-10-19(11-7-17)26-14-4-2/h4,6-13,16H,2-3,5,14-15H2,1H3/b21-16+. The smallest absolute Gasteiger partial charge is 0.363 e. The summed E-state index contributed by atoms with van der Waals surface area (Å²) in [5.74, 6) is 1.35. The first-order valence-electron chi connectivity index (χ1n) is 9.29. The Bertz CT molecular complexity index is 880. The van der Waals surface area contributed by atoms with Crippen LogP contribution in [0.25, 0.3) is 6.08 Å². The number of esters is 1. The highest BCUT2D eigenvalue weighted by atomic mass is 16.6. The molecule has 5 heteroatoms. The van der Waals surface area contributed by atoms with Crippen molar-refractivity contribution in [3.05, 3.63) is 78.0 Å². The Morgan fingerprint density at radius 2 is 1.71 bits per heavy atom. The van der Waals surface area contributed by atoms with Crippen LogP contribution in [-0.2, 0) is 9.53 Å². The molecule has 0 unspecified atom stereocenters. The summed E-state index contributed by atoms with van der Waals surface area (Å²) in [5, 5.41) is 0. The lowest BCUT2D eigenvalue weighted by molar-refractivity contribution is -0.129. The first kappa shape index (κ1) is 19.4. The minimum Gasteiger partial charge on any atom is -0.494 e. The number of carbonyl (C=O) groups excluding carboxylic acids is 1. The third-order valence-electron chi connectivity index (χ3n) is 4.04. The van der Waals surface area contributed by atoms with Crippen molar-refractivity contribution < 1.29 is 19.0 Å². The highest BCUT2D eigenvalue weighted by Crippen LogP contribution is 2.22. The summed E-state index contributed by atoms with van der Waals surface area (Å²) in [4.78, 5) is 16.5. The van der Waals surface area contributed by atoms with E-state index in [1.165, 1.54) is 0 Å². The Balaban J connectivity index is 1.69. The molecule has 3 rings (SSSR count). The van der Waals surface area contributed by atoms with Gasteiger partial charge in [0.1, 0.15) is 18.1 Å². The molecule has 144 valence electrons. The molecule has 5 nitrogen and oxygen atoms in total. The van der Waals surface area contributed by atoms with Gasteiger partial charge < -0.3 is 14.2 Å². The van der Waals surface area contributed by atoms with Gasteiger partial charge in [-0.3, -0.25) is 0 Å². The van der Waals surface area contributed by atoms with Gasteiger partial charge >= 0.3 is 5.97 Å². The van der Waals surface area contributed by atoms with E-state index in [0.29, 0.717) is 19.1 Å². The fraction of sp³-hybridized carbons (Fsp3) is 0.217. The Morgan fingerprint density at radius 1 is 1.04 bits per heavy atom. The van der Waals surface area contributed by atoms with E-state index in [-0.39, 0.29) is 5.70 Å². The molecule has 2 aromatic carbocycles. The normalized spacial score (nSPS) is 14.5. The maximum atomic E-state index is 12.1. The van der Waals surface area contributed by atoms with Crippen LogP contribution in [0.4, 0.5) is 0 Å². The van der Waals surface area contributed by atoms with Crippen molar-refractivity contribution in [2.75, 3.05) is 13.2 Å². The third kappa shape index (κ3) is 5.10. The maximum absolute atomic E-state index is 12.1. The molecule has 0 atom stereocenters. The molecule has 0 aromatic heterocycles. The lowest BCUT2D eigenvalue weighted by atomic mass is 10.2. The van der Waals surface area contributed by atoms with Crippen LogP contribution in [0.15, 0.2) is 71.9 Å². The second kappa shape index (κ2) is 9.55. The molecule has 0 bridgehead atoms. The van der Waals surface area contributed by atoms with Crippen LogP contribution in [0.2, 0.25) is 0 Å². The van der Waals surface area contributed by atoms with E-state index in [2.05, 4.69) is 18.5 Å². The number of rotatable bonds is 9. The van der Waals surface area contributed by atoms with E-state index < -0.39 is 5.97 Å². The quantitative estimate of drug-likeness (QED) is 0.273. The largest absolute Gasteiger partial charge is 0.494 e. The maximum Gasteiger partial charge on any atom is 0.363 e. The van der Waals surface area contributed by atoms with Gasteiger partial charge in [-0.2, -0.15) is 0 Å². The molecule has 1 heterocycles. The number of benzene rings is 2. The van der Waals surface area contributed by atoms with Crippen LogP contribution >= 0.6 is 0 Å². The molecular formula is C23H23NO4. The summed E-state index contributed by atoms with van der Waals surface area (Å²) >= 11 is 0. The van der Waals surface area contributed by atoms with E-state index >= 15 is 0 Å². The number of hydrogen-bond acceptors (Lipinski definition) is 5. The predicted octanol–water partition coefficient (Wildman–Crippen LogP) is 4.77. The Hall–Kier alpha value is -3.34. The van der Waals surface area contributed by atoms with Gasteiger partial charge in [0.25, 0.3) is 0 Å². The average molecular weight is 377 g/mol. The number of nitrogens with zero attached hydrogens (tertiary/aromatic N) is 1. The number of carbonyl (C=O) groups is 1. The van der Waals surface area contributed by atoms with Gasteiger partial charge in [-0.25, -0.2) is 9.79 Å². The van der Waals surface area contributed by atoms with Crippen molar-refractivity contribution in [1.29, 1.82) is 0 Å². The van der Waals surface area contributed by atoms with E-state index in [9.17, 15) is 4.79 Å². The van der Waals surface area contributed by atoms with E-state index in [1.807, 2.05) is 48.5 Å². The molecule has 0 aliphatic carbocycles. The van der Waals surface area contributed by atoms with Crippen molar-refractivity contribution in [2.45, 2.75) is 19.8 Å². The number of ether oxygens (including phenoxy) is 3. The number of hydrogen-bond donors (Lipinski definition) is 0. The van der Waals surface area contributed by atoms with Gasteiger partial charge in [0, 0.05) is 5.56 Å². The predicted molar refractivity (Wildman–Crippen MR) is 110 cm³/mol. The summed E-state index contributed by atoms with van der Waals surface area (Å²) < 4.78 is 16.4. The van der Waals surface area contributed by atoms with Crippen molar-refractivity contribution in [3.8, 4) is 11.5 Å². The van der Waals surface area contributed by atoms with Crippen LogP contribution in [0.5, 0.6) is 11.5 Å². The molecule has 0 spiro atoms. The number of unbranched alkanes of at least 4 members (excludes halogenated alkanes) is 1. The topological polar surface area (TPSA) is 57.1 Å². The van der Waals surface area contributed by atoms with Crippen molar-refractivity contribution in [3.63, 3.8) is 0 Å². The van der Waals surface area contributed by atoms with Gasteiger partial charge in [0.15, 0.2) is 5.70 Å². The van der Waals surface area contributed by atoms with Gasteiger partial charge in [-0.15, -0.1) is 0 Å². The molecule has 2 aromatic rings. The van der Waals surface area contributed by atoms with Crippen LogP contribution in [-0.4, -0.2) is 25.1 Å². The lowest BCUT2D eigenvalue weighted by Crippen LogP contribution is -2.05. The van der Waals surface area contributed by atoms with E-state index in [0.717, 1.165) is 35.5 Å². The van der Waals surface area contributed by atoms with Gasteiger partial charge in [-0.05, 0) is 54.5 Å². The fourth-order valence-corrected chi connectivity index (χ4v) is 2.53. The Kier molecular flexibility index (Phi) is 6.63. The molecule has 0 saturated carbocycles. The van der Waals surface area contributed by atoms with Crippen molar-refractivity contribution in [2.24, 2.45) is 4.99 Å². The molecule has 0 amide bonds. The zero-order valence-corrected chi connectivity index (χ0v) is 15.9. The van der Waals surface area contributed by atoms with E-state index in [1.54, 1.807) is 12.2 Å². The van der Waals surface area contributed by atoms with Crippen LogP contribution in [0, 0.1) is 0 Å². The second-order valence-electron chi connectivity index (χ2n) is 6.23. The van der Waals surface area contributed by atoms with Gasteiger partial charge in [0.2, 0.25) is 5.90 Å². The van der Waals surface area contributed by atoms with Crippen molar-refractivity contribution >= 4 is 17.9 Å².